The number of carbonyl (C=O) groups is 1. The SMILES string of the molecule is O=C(NC1(c2ccc(Br)cc2)CC1)c1nn(Cc2ccccc2)c(=O)c2ccccc12. The molecule has 31 heavy (non-hydrogen) atoms. The van der Waals surface area contributed by atoms with Crippen molar-refractivity contribution < 1.29 is 4.79 Å². The Kier molecular flexibility index (Phi) is 4.94. The fourth-order valence-corrected chi connectivity index (χ4v) is 4.19. The number of rotatable bonds is 5. The summed E-state index contributed by atoms with van der Waals surface area (Å²) in [6, 6.07) is 24.8. The highest BCUT2D eigenvalue weighted by molar-refractivity contribution is 9.10. The average molecular weight is 474 g/mol. The summed E-state index contributed by atoms with van der Waals surface area (Å²) in [4.78, 5) is 26.4. The Labute approximate surface area is 187 Å². The van der Waals surface area contributed by atoms with Crippen molar-refractivity contribution in [1.82, 2.24) is 15.1 Å². The van der Waals surface area contributed by atoms with E-state index in [0.29, 0.717) is 17.3 Å². The van der Waals surface area contributed by atoms with Crippen LogP contribution in [0.25, 0.3) is 10.8 Å². The molecule has 1 amide bonds. The molecule has 0 unspecified atom stereocenters. The molecule has 1 aliphatic carbocycles. The van der Waals surface area contributed by atoms with Crippen molar-refractivity contribution in [2.75, 3.05) is 0 Å². The Hall–Kier alpha value is -3.25. The number of nitrogens with one attached hydrogen (secondary N) is 1. The van der Waals surface area contributed by atoms with Gasteiger partial charge in [-0.15, -0.1) is 0 Å². The van der Waals surface area contributed by atoms with Crippen LogP contribution in [0.5, 0.6) is 0 Å². The molecule has 0 bridgehead atoms. The minimum absolute atomic E-state index is 0.204. The second-order valence-electron chi connectivity index (χ2n) is 7.89. The molecule has 0 spiro atoms. The lowest BCUT2D eigenvalue weighted by molar-refractivity contribution is 0.0925. The van der Waals surface area contributed by atoms with Crippen molar-refractivity contribution >= 4 is 32.6 Å². The van der Waals surface area contributed by atoms with Gasteiger partial charge in [0.25, 0.3) is 11.5 Å². The smallest absolute Gasteiger partial charge is 0.274 e. The van der Waals surface area contributed by atoms with Crippen LogP contribution in [0.15, 0.2) is 88.1 Å². The predicted molar refractivity (Wildman–Crippen MR) is 124 cm³/mol. The van der Waals surface area contributed by atoms with Crippen molar-refractivity contribution in [2.45, 2.75) is 24.9 Å². The third-order valence-electron chi connectivity index (χ3n) is 5.76. The summed E-state index contributed by atoms with van der Waals surface area (Å²) in [6.45, 7) is 0.308. The number of nitrogens with zero attached hydrogens (tertiary/aromatic N) is 2. The van der Waals surface area contributed by atoms with Crippen LogP contribution in [0.1, 0.15) is 34.5 Å². The van der Waals surface area contributed by atoms with E-state index in [9.17, 15) is 9.59 Å². The molecule has 0 atom stereocenters. The number of carbonyl (C=O) groups excluding carboxylic acids is 1. The summed E-state index contributed by atoms with van der Waals surface area (Å²) in [7, 11) is 0. The maximum absolute atomic E-state index is 13.4. The van der Waals surface area contributed by atoms with E-state index in [4.69, 9.17) is 0 Å². The van der Waals surface area contributed by atoms with Crippen LogP contribution in [0.3, 0.4) is 0 Å². The molecule has 5 rings (SSSR count). The highest BCUT2D eigenvalue weighted by atomic mass is 79.9. The van der Waals surface area contributed by atoms with E-state index in [1.54, 1.807) is 12.1 Å². The molecule has 6 heteroatoms. The van der Waals surface area contributed by atoms with Gasteiger partial charge in [-0.3, -0.25) is 9.59 Å². The van der Waals surface area contributed by atoms with Gasteiger partial charge in [-0.2, -0.15) is 5.10 Å². The Bertz CT molecular complexity index is 1330. The number of amides is 1. The number of benzene rings is 3. The van der Waals surface area contributed by atoms with Gasteiger partial charge in [0, 0.05) is 9.86 Å². The Morgan fingerprint density at radius 3 is 2.26 bits per heavy atom. The summed E-state index contributed by atoms with van der Waals surface area (Å²) in [6.07, 6.45) is 1.75. The lowest BCUT2D eigenvalue weighted by atomic mass is 10.0. The van der Waals surface area contributed by atoms with E-state index in [-0.39, 0.29) is 22.7 Å². The van der Waals surface area contributed by atoms with E-state index in [2.05, 4.69) is 26.3 Å². The maximum Gasteiger partial charge on any atom is 0.274 e. The first kappa shape index (κ1) is 19.7. The van der Waals surface area contributed by atoms with Gasteiger partial charge in [-0.1, -0.05) is 76.6 Å². The van der Waals surface area contributed by atoms with Crippen LogP contribution in [-0.2, 0) is 12.1 Å². The number of halogens is 1. The molecule has 1 fully saturated rings. The summed E-state index contributed by atoms with van der Waals surface area (Å²) < 4.78 is 2.38. The molecule has 0 saturated heterocycles. The molecule has 3 aromatic carbocycles. The van der Waals surface area contributed by atoms with Crippen molar-refractivity contribution in [3.8, 4) is 0 Å². The molecule has 1 aromatic heterocycles. The van der Waals surface area contributed by atoms with Crippen LogP contribution >= 0.6 is 15.9 Å². The summed E-state index contributed by atoms with van der Waals surface area (Å²) in [5.41, 5.74) is 1.72. The van der Waals surface area contributed by atoms with E-state index in [1.165, 1.54) is 4.68 Å². The Morgan fingerprint density at radius 1 is 0.935 bits per heavy atom. The molecule has 0 aliphatic heterocycles. The molecule has 1 aliphatic rings. The van der Waals surface area contributed by atoms with Gasteiger partial charge in [-0.25, -0.2) is 4.68 Å². The Morgan fingerprint density at radius 2 is 1.58 bits per heavy atom. The number of aromatic nitrogens is 2. The minimum atomic E-state index is -0.374. The van der Waals surface area contributed by atoms with E-state index >= 15 is 0 Å². The third kappa shape index (κ3) is 3.79. The lowest BCUT2D eigenvalue weighted by Crippen LogP contribution is -2.37. The zero-order chi connectivity index (χ0) is 21.4. The van der Waals surface area contributed by atoms with Crippen LogP contribution in [0.2, 0.25) is 0 Å². The maximum atomic E-state index is 13.4. The van der Waals surface area contributed by atoms with Crippen LogP contribution < -0.4 is 10.9 Å². The number of fused-ring (bicyclic) bond motifs is 1. The molecular weight excluding hydrogens is 454 g/mol. The average Bonchev–Trinajstić information content (AvgIpc) is 3.57. The van der Waals surface area contributed by atoms with Gasteiger partial charge in [0.05, 0.1) is 17.5 Å². The van der Waals surface area contributed by atoms with Crippen molar-refractivity contribution in [3.63, 3.8) is 0 Å². The molecule has 1 heterocycles. The normalized spacial score (nSPS) is 14.4. The zero-order valence-electron chi connectivity index (χ0n) is 16.7. The summed E-state index contributed by atoms with van der Waals surface area (Å²) in [5, 5.41) is 8.75. The third-order valence-corrected chi connectivity index (χ3v) is 6.29. The van der Waals surface area contributed by atoms with Crippen LogP contribution in [-0.4, -0.2) is 15.7 Å². The zero-order valence-corrected chi connectivity index (χ0v) is 18.3. The second-order valence-corrected chi connectivity index (χ2v) is 8.80. The first-order chi connectivity index (χ1) is 15.1. The quantitative estimate of drug-likeness (QED) is 0.459. The molecule has 1 saturated carbocycles. The van der Waals surface area contributed by atoms with E-state index in [0.717, 1.165) is 28.4 Å². The largest absolute Gasteiger partial charge is 0.341 e. The van der Waals surface area contributed by atoms with Crippen molar-refractivity contribution in [2.24, 2.45) is 0 Å². The van der Waals surface area contributed by atoms with Gasteiger partial charge >= 0.3 is 0 Å². The molecular formula is C25H20BrN3O2. The first-order valence-corrected chi connectivity index (χ1v) is 11.0. The first-order valence-electron chi connectivity index (χ1n) is 10.2. The van der Waals surface area contributed by atoms with Gasteiger partial charge in [0.1, 0.15) is 0 Å². The van der Waals surface area contributed by atoms with E-state index < -0.39 is 0 Å². The van der Waals surface area contributed by atoms with Gasteiger partial charge < -0.3 is 5.32 Å². The molecule has 154 valence electrons. The minimum Gasteiger partial charge on any atom is -0.341 e. The predicted octanol–water partition coefficient (Wildman–Crippen LogP) is 4.63. The molecule has 0 radical (unpaired) electrons. The number of hydrogen-bond donors (Lipinski definition) is 1. The van der Waals surface area contributed by atoms with Crippen molar-refractivity contribution in [1.29, 1.82) is 0 Å². The van der Waals surface area contributed by atoms with Gasteiger partial charge in [-0.05, 0) is 42.2 Å². The number of hydrogen-bond acceptors (Lipinski definition) is 3. The van der Waals surface area contributed by atoms with Crippen LogP contribution in [0, 0.1) is 0 Å². The fraction of sp³-hybridized carbons (Fsp3) is 0.160. The molecule has 4 aromatic rings. The van der Waals surface area contributed by atoms with Gasteiger partial charge in [0.2, 0.25) is 0 Å². The van der Waals surface area contributed by atoms with E-state index in [1.807, 2.05) is 66.7 Å². The standard InChI is InChI=1S/C25H20BrN3O2/c26-19-12-10-18(11-13-19)25(14-15-25)27-23(30)22-20-8-4-5-9-21(20)24(31)29(28-22)16-17-6-2-1-3-7-17/h1-13H,14-16H2,(H,27,30). The second kappa shape index (κ2) is 7.78. The Balaban J connectivity index is 1.54. The summed E-state index contributed by atoms with van der Waals surface area (Å²) in [5.74, 6) is -0.265. The monoisotopic (exact) mass is 473 g/mol. The van der Waals surface area contributed by atoms with Crippen molar-refractivity contribution in [3.05, 3.63) is 111 Å². The van der Waals surface area contributed by atoms with Gasteiger partial charge in [0.15, 0.2) is 5.69 Å². The highest BCUT2D eigenvalue weighted by Crippen LogP contribution is 2.46. The van der Waals surface area contributed by atoms with Crippen LogP contribution in [0.4, 0.5) is 0 Å². The fourth-order valence-electron chi connectivity index (χ4n) is 3.92. The highest BCUT2D eigenvalue weighted by Gasteiger charge is 2.46. The molecule has 5 nitrogen and oxygen atoms in total. The lowest BCUT2D eigenvalue weighted by Gasteiger charge is -2.19. The summed E-state index contributed by atoms with van der Waals surface area (Å²) >= 11 is 3.46. The topological polar surface area (TPSA) is 64.0 Å². The molecule has 1 N–H and O–H groups in total.